The molecule has 0 saturated carbocycles. The summed E-state index contributed by atoms with van der Waals surface area (Å²) in [7, 11) is 1.61. The fraction of sp³-hybridized carbons (Fsp3) is 0.647. The fourth-order valence-corrected chi connectivity index (χ4v) is 3.84. The van der Waals surface area contributed by atoms with Crippen molar-refractivity contribution in [2.24, 2.45) is 0 Å². The van der Waals surface area contributed by atoms with E-state index in [1.165, 1.54) is 10.4 Å². The van der Waals surface area contributed by atoms with Gasteiger partial charge in [0.1, 0.15) is 6.61 Å². The first-order valence-electron chi connectivity index (χ1n) is 8.42. The molecule has 3 rings (SSSR count). The molecule has 2 aromatic heterocycles. The summed E-state index contributed by atoms with van der Waals surface area (Å²) in [5, 5.41) is 6.10. The number of methoxy groups -OCH3 is 1. The number of hydrogen-bond donors (Lipinski definition) is 0. The van der Waals surface area contributed by atoms with Gasteiger partial charge in [-0.25, -0.2) is 0 Å². The van der Waals surface area contributed by atoms with E-state index in [-0.39, 0.29) is 0 Å². The van der Waals surface area contributed by atoms with Crippen molar-refractivity contribution in [3.63, 3.8) is 0 Å². The molecule has 1 saturated heterocycles. The van der Waals surface area contributed by atoms with Crippen molar-refractivity contribution in [2.45, 2.75) is 45.4 Å². The Kier molecular flexibility index (Phi) is 6.37. The van der Waals surface area contributed by atoms with E-state index >= 15 is 0 Å². The average Bonchev–Trinajstić information content (AvgIpc) is 3.19. The monoisotopic (exact) mass is 351 g/mol. The first-order valence-corrected chi connectivity index (χ1v) is 9.30. The maximum Gasteiger partial charge on any atom is 0.252 e. The van der Waals surface area contributed by atoms with Gasteiger partial charge >= 0.3 is 0 Å². The van der Waals surface area contributed by atoms with Gasteiger partial charge in [0.05, 0.1) is 12.7 Å². The zero-order valence-electron chi connectivity index (χ0n) is 14.4. The van der Waals surface area contributed by atoms with Crippen molar-refractivity contribution in [3.05, 3.63) is 33.6 Å². The first kappa shape index (κ1) is 17.5. The van der Waals surface area contributed by atoms with Gasteiger partial charge < -0.3 is 14.0 Å². The van der Waals surface area contributed by atoms with Gasteiger partial charge in [0.25, 0.3) is 5.89 Å². The Labute approximate surface area is 146 Å². The average molecular weight is 351 g/mol. The van der Waals surface area contributed by atoms with Crippen molar-refractivity contribution in [2.75, 3.05) is 26.8 Å². The second-order valence-corrected chi connectivity index (χ2v) is 7.16. The summed E-state index contributed by atoms with van der Waals surface area (Å²) in [6.07, 6.45) is 3.20. The topological polar surface area (TPSA) is 60.6 Å². The number of hydrogen-bond acceptors (Lipinski definition) is 7. The largest absolute Gasteiger partial charge is 0.378 e. The molecule has 3 heterocycles. The molecular formula is C17H25N3O3S. The maximum atomic E-state index is 5.99. The fourth-order valence-electron chi connectivity index (χ4n) is 2.89. The molecule has 1 aliphatic heterocycles. The van der Waals surface area contributed by atoms with Crippen LogP contribution in [0.4, 0.5) is 0 Å². The van der Waals surface area contributed by atoms with Crippen LogP contribution < -0.4 is 0 Å². The molecule has 0 atom stereocenters. The summed E-state index contributed by atoms with van der Waals surface area (Å²) in [5.74, 6) is 1.21. The van der Waals surface area contributed by atoms with E-state index < -0.39 is 0 Å². The summed E-state index contributed by atoms with van der Waals surface area (Å²) < 4.78 is 16.0. The third-order valence-electron chi connectivity index (χ3n) is 4.33. The number of rotatable bonds is 8. The van der Waals surface area contributed by atoms with Crippen LogP contribution in [-0.4, -0.2) is 48.0 Å². The third-order valence-corrected chi connectivity index (χ3v) is 5.33. The first-order chi connectivity index (χ1) is 11.7. The van der Waals surface area contributed by atoms with E-state index in [9.17, 15) is 0 Å². The molecule has 1 aliphatic rings. The smallest absolute Gasteiger partial charge is 0.252 e. The molecule has 0 spiro atoms. The number of thiophene rings is 1. The number of likely N-dealkylation sites (tertiary alicyclic amines) is 1. The normalized spacial score (nSPS) is 16.8. The molecule has 0 amide bonds. The summed E-state index contributed by atoms with van der Waals surface area (Å²) in [4.78, 5) is 8.26. The molecule has 0 aliphatic carbocycles. The van der Waals surface area contributed by atoms with E-state index in [0.717, 1.165) is 32.5 Å². The lowest BCUT2D eigenvalue weighted by Crippen LogP contribution is -2.36. The van der Waals surface area contributed by atoms with Crippen LogP contribution in [0.15, 0.2) is 16.0 Å². The standard InChI is InChI=1S/C17H25N3O3S/c1-13-6-10-24-15(13)11-20-7-3-14(4-8-20)22-9-5-16-18-17(12-21-2)23-19-16/h6,10,14H,3-5,7-9,11-12H2,1-2H3. The Balaban J connectivity index is 1.34. The van der Waals surface area contributed by atoms with Gasteiger partial charge in [-0.15, -0.1) is 11.3 Å². The molecule has 2 aromatic rings. The molecule has 0 radical (unpaired) electrons. The molecule has 0 unspecified atom stereocenters. The molecule has 1 fully saturated rings. The van der Waals surface area contributed by atoms with Crippen molar-refractivity contribution < 1.29 is 14.0 Å². The minimum Gasteiger partial charge on any atom is -0.378 e. The van der Waals surface area contributed by atoms with Gasteiger partial charge in [0.15, 0.2) is 5.82 Å². The lowest BCUT2D eigenvalue weighted by atomic mass is 10.1. The van der Waals surface area contributed by atoms with E-state index in [0.29, 0.717) is 37.5 Å². The van der Waals surface area contributed by atoms with Gasteiger partial charge in [0, 0.05) is 38.0 Å². The van der Waals surface area contributed by atoms with Gasteiger partial charge in [-0.2, -0.15) is 4.98 Å². The van der Waals surface area contributed by atoms with E-state index in [4.69, 9.17) is 14.0 Å². The molecule has 7 heteroatoms. The van der Waals surface area contributed by atoms with Gasteiger partial charge in [-0.3, -0.25) is 4.90 Å². The summed E-state index contributed by atoms with van der Waals surface area (Å²) in [6.45, 7) is 6.46. The minimum atomic E-state index is 0.344. The predicted molar refractivity (Wildman–Crippen MR) is 92.0 cm³/mol. The Hall–Kier alpha value is -1.28. The molecule has 0 N–H and O–H groups in total. The minimum absolute atomic E-state index is 0.344. The molecule has 6 nitrogen and oxygen atoms in total. The van der Waals surface area contributed by atoms with Crippen LogP contribution in [-0.2, 0) is 29.0 Å². The van der Waals surface area contributed by atoms with Crippen LogP contribution in [0, 0.1) is 6.92 Å². The van der Waals surface area contributed by atoms with Crippen molar-refractivity contribution in [1.82, 2.24) is 15.0 Å². The highest BCUT2D eigenvalue weighted by Crippen LogP contribution is 2.21. The third kappa shape index (κ3) is 4.86. The summed E-state index contributed by atoms with van der Waals surface area (Å²) in [5.41, 5.74) is 1.41. The zero-order valence-corrected chi connectivity index (χ0v) is 15.2. The van der Waals surface area contributed by atoms with Crippen LogP contribution in [0.3, 0.4) is 0 Å². The van der Waals surface area contributed by atoms with Crippen LogP contribution in [0.5, 0.6) is 0 Å². The summed E-state index contributed by atoms with van der Waals surface area (Å²) in [6, 6.07) is 2.20. The molecule has 0 aromatic carbocycles. The number of ether oxygens (including phenoxy) is 2. The van der Waals surface area contributed by atoms with Gasteiger partial charge in [-0.1, -0.05) is 5.16 Å². The van der Waals surface area contributed by atoms with Gasteiger partial charge in [0.2, 0.25) is 0 Å². The SMILES string of the molecule is COCc1nc(CCOC2CCN(Cc3sccc3C)CC2)no1. The zero-order chi connectivity index (χ0) is 16.8. The number of aromatic nitrogens is 2. The number of nitrogens with zero attached hydrogens (tertiary/aromatic N) is 3. The Morgan fingerprint density at radius 2 is 2.21 bits per heavy atom. The van der Waals surface area contributed by atoms with Crippen LogP contribution in [0.2, 0.25) is 0 Å². The van der Waals surface area contributed by atoms with Gasteiger partial charge in [-0.05, 0) is 36.8 Å². The molecule has 0 bridgehead atoms. The predicted octanol–water partition coefficient (Wildman–Crippen LogP) is 2.81. The molecule has 132 valence electrons. The molecular weight excluding hydrogens is 326 g/mol. The van der Waals surface area contributed by atoms with Crippen LogP contribution in [0.25, 0.3) is 0 Å². The Morgan fingerprint density at radius 3 is 2.92 bits per heavy atom. The lowest BCUT2D eigenvalue weighted by molar-refractivity contribution is 0.00693. The quantitative estimate of drug-likeness (QED) is 0.729. The molecule has 24 heavy (non-hydrogen) atoms. The van der Waals surface area contributed by atoms with Crippen LogP contribution >= 0.6 is 11.3 Å². The van der Waals surface area contributed by atoms with Crippen molar-refractivity contribution in [1.29, 1.82) is 0 Å². The van der Waals surface area contributed by atoms with E-state index in [1.807, 2.05) is 11.3 Å². The number of piperidine rings is 1. The van der Waals surface area contributed by atoms with Crippen molar-refractivity contribution in [3.8, 4) is 0 Å². The Morgan fingerprint density at radius 1 is 1.38 bits per heavy atom. The highest BCUT2D eigenvalue weighted by molar-refractivity contribution is 7.10. The highest BCUT2D eigenvalue weighted by Gasteiger charge is 2.20. The lowest BCUT2D eigenvalue weighted by Gasteiger charge is -2.31. The highest BCUT2D eigenvalue weighted by atomic mass is 32.1. The summed E-state index contributed by atoms with van der Waals surface area (Å²) >= 11 is 1.86. The second kappa shape index (κ2) is 8.71. The number of aryl methyl sites for hydroxylation is 1. The van der Waals surface area contributed by atoms with E-state index in [2.05, 4.69) is 33.4 Å². The van der Waals surface area contributed by atoms with Crippen LogP contribution in [0.1, 0.15) is 35.0 Å². The maximum absolute atomic E-state index is 5.99. The second-order valence-electron chi connectivity index (χ2n) is 6.16. The van der Waals surface area contributed by atoms with E-state index in [1.54, 1.807) is 7.11 Å². The van der Waals surface area contributed by atoms with Crippen molar-refractivity contribution >= 4 is 11.3 Å². The Bertz CT molecular complexity index is 620.